The second-order valence-corrected chi connectivity index (χ2v) is 4.55. The molecule has 0 radical (unpaired) electrons. The predicted octanol–water partition coefficient (Wildman–Crippen LogP) is 1.36. The quantitative estimate of drug-likeness (QED) is 0.754. The van der Waals surface area contributed by atoms with Gasteiger partial charge >= 0.3 is 0 Å². The van der Waals surface area contributed by atoms with Crippen LogP contribution >= 0.6 is 0 Å². The van der Waals surface area contributed by atoms with Crippen LogP contribution in [-0.4, -0.2) is 25.0 Å². The van der Waals surface area contributed by atoms with Gasteiger partial charge in [0.25, 0.3) is 0 Å². The number of nitrogens with zero attached hydrogens (tertiary/aromatic N) is 4. The topological polar surface area (TPSA) is 103 Å². The minimum absolute atomic E-state index is 0.197. The second-order valence-electron chi connectivity index (χ2n) is 4.55. The number of hydrogen-bond acceptors (Lipinski definition) is 6. The SMILES string of the molecule is Cn1cc(C(N)c2nc(-c3ccc(O)c(F)c3)no2)cn1. The summed E-state index contributed by atoms with van der Waals surface area (Å²) in [4.78, 5) is 4.15. The van der Waals surface area contributed by atoms with Crippen LogP contribution in [0.1, 0.15) is 17.5 Å². The van der Waals surface area contributed by atoms with Crippen molar-refractivity contribution in [3.8, 4) is 17.1 Å². The fourth-order valence-electron chi connectivity index (χ4n) is 1.87. The van der Waals surface area contributed by atoms with Crippen LogP contribution in [0.4, 0.5) is 4.39 Å². The molecule has 1 aromatic carbocycles. The zero-order valence-corrected chi connectivity index (χ0v) is 11.1. The maximum Gasteiger partial charge on any atom is 0.248 e. The highest BCUT2D eigenvalue weighted by molar-refractivity contribution is 5.56. The minimum atomic E-state index is -0.754. The van der Waals surface area contributed by atoms with Crippen molar-refractivity contribution >= 4 is 0 Å². The molecule has 0 saturated heterocycles. The Morgan fingerprint density at radius 1 is 1.43 bits per heavy atom. The van der Waals surface area contributed by atoms with Crippen LogP contribution in [0.5, 0.6) is 5.75 Å². The van der Waals surface area contributed by atoms with Crippen molar-refractivity contribution in [1.29, 1.82) is 0 Å². The van der Waals surface area contributed by atoms with Crippen LogP contribution in [0.3, 0.4) is 0 Å². The first-order valence-corrected chi connectivity index (χ1v) is 6.11. The number of phenols is 1. The van der Waals surface area contributed by atoms with Crippen molar-refractivity contribution in [1.82, 2.24) is 19.9 Å². The van der Waals surface area contributed by atoms with Gasteiger partial charge in [0.15, 0.2) is 11.6 Å². The molecule has 0 fully saturated rings. The van der Waals surface area contributed by atoms with Gasteiger partial charge in [0.1, 0.15) is 6.04 Å². The van der Waals surface area contributed by atoms with Crippen molar-refractivity contribution in [3.63, 3.8) is 0 Å². The lowest BCUT2D eigenvalue weighted by molar-refractivity contribution is 0.367. The Kier molecular flexibility index (Phi) is 3.15. The van der Waals surface area contributed by atoms with Gasteiger partial charge in [0.2, 0.25) is 11.7 Å². The van der Waals surface area contributed by atoms with E-state index in [-0.39, 0.29) is 11.7 Å². The third-order valence-corrected chi connectivity index (χ3v) is 3.00. The Morgan fingerprint density at radius 2 is 2.24 bits per heavy atom. The lowest BCUT2D eigenvalue weighted by atomic mass is 10.1. The number of rotatable bonds is 3. The van der Waals surface area contributed by atoms with Crippen LogP contribution in [0.2, 0.25) is 0 Å². The van der Waals surface area contributed by atoms with Crippen molar-refractivity contribution in [3.05, 3.63) is 47.9 Å². The third-order valence-electron chi connectivity index (χ3n) is 3.00. The van der Waals surface area contributed by atoms with Crippen LogP contribution in [-0.2, 0) is 7.05 Å². The largest absolute Gasteiger partial charge is 0.505 e. The molecule has 7 nitrogen and oxygen atoms in total. The van der Waals surface area contributed by atoms with Gasteiger partial charge in [-0.1, -0.05) is 5.16 Å². The number of benzene rings is 1. The van der Waals surface area contributed by atoms with E-state index in [4.69, 9.17) is 15.4 Å². The van der Waals surface area contributed by atoms with Gasteiger partial charge < -0.3 is 15.4 Å². The number of halogens is 1. The second kappa shape index (κ2) is 4.98. The number of nitrogens with two attached hydrogens (primary N) is 1. The zero-order valence-electron chi connectivity index (χ0n) is 11.1. The smallest absolute Gasteiger partial charge is 0.248 e. The predicted molar refractivity (Wildman–Crippen MR) is 70.6 cm³/mol. The van der Waals surface area contributed by atoms with Gasteiger partial charge in [0, 0.05) is 24.4 Å². The van der Waals surface area contributed by atoms with Crippen LogP contribution in [0.25, 0.3) is 11.4 Å². The molecule has 3 aromatic rings. The summed E-state index contributed by atoms with van der Waals surface area (Å²) in [5.74, 6) is -0.792. The maximum absolute atomic E-state index is 13.3. The van der Waals surface area contributed by atoms with E-state index in [0.29, 0.717) is 5.56 Å². The Morgan fingerprint density at radius 3 is 2.90 bits per heavy atom. The number of aromatic nitrogens is 4. The Hall–Kier alpha value is -2.74. The average molecular weight is 289 g/mol. The lowest BCUT2D eigenvalue weighted by Crippen LogP contribution is -2.11. The molecule has 3 N–H and O–H groups in total. The monoisotopic (exact) mass is 289 g/mol. The van der Waals surface area contributed by atoms with Crippen LogP contribution in [0.15, 0.2) is 35.1 Å². The number of aryl methyl sites for hydroxylation is 1. The first-order valence-electron chi connectivity index (χ1n) is 6.11. The summed E-state index contributed by atoms with van der Waals surface area (Å²) in [6.07, 6.45) is 3.35. The van der Waals surface area contributed by atoms with E-state index in [1.165, 1.54) is 12.1 Å². The molecule has 1 unspecified atom stereocenters. The van der Waals surface area contributed by atoms with E-state index < -0.39 is 17.6 Å². The maximum atomic E-state index is 13.3. The summed E-state index contributed by atoms with van der Waals surface area (Å²) < 4.78 is 20.0. The van der Waals surface area contributed by atoms with Crippen LogP contribution < -0.4 is 5.73 Å². The molecule has 108 valence electrons. The molecule has 3 rings (SSSR count). The number of hydrogen-bond donors (Lipinski definition) is 2. The van der Waals surface area contributed by atoms with Gasteiger partial charge in [-0.05, 0) is 18.2 Å². The Balaban J connectivity index is 1.90. The summed E-state index contributed by atoms with van der Waals surface area (Å²) in [5, 5.41) is 17.0. The molecule has 0 aliphatic heterocycles. The zero-order chi connectivity index (χ0) is 15.0. The van der Waals surface area contributed by atoms with E-state index >= 15 is 0 Å². The van der Waals surface area contributed by atoms with E-state index in [0.717, 1.165) is 11.6 Å². The van der Waals surface area contributed by atoms with E-state index in [2.05, 4.69) is 15.2 Å². The highest BCUT2D eigenvalue weighted by Crippen LogP contribution is 2.24. The van der Waals surface area contributed by atoms with E-state index in [1.54, 1.807) is 24.1 Å². The van der Waals surface area contributed by atoms with Crippen molar-refractivity contribution < 1.29 is 14.0 Å². The summed E-state index contributed by atoms with van der Waals surface area (Å²) in [6, 6.07) is 3.23. The molecule has 0 saturated carbocycles. The molecule has 21 heavy (non-hydrogen) atoms. The average Bonchev–Trinajstić information content (AvgIpc) is 3.10. The molecule has 8 heteroatoms. The standard InChI is InChI=1S/C13H12FN5O2/c1-19-6-8(5-16-19)11(15)13-17-12(18-21-13)7-2-3-10(20)9(14)4-7/h2-6,11,20H,15H2,1H3. The Bertz CT molecular complexity index is 782. The fourth-order valence-corrected chi connectivity index (χ4v) is 1.87. The molecule has 2 aromatic heterocycles. The molecule has 2 heterocycles. The highest BCUT2D eigenvalue weighted by Gasteiger charge is 2.19. The summed E-state index contributed by atoms with van der Waals surface area (Å²) in [7, 11) is 1.77. The van der Waals surface area contributed by atoms with E-state index in [1.807, 2.05) is 0 Å². The van der Waals surface area contributed by atoms with Gasteiger partial charge in [-0.3, -0.25) is 4.68 Å². The number of aromatic hydroxyl groups is 1. The van der Waals surface area contributed by atoms with Gasteiger partial charge in [-0.25, -0.2) is 4.39 Å². The number of phenolic OH excluding ortho intramolecular Hbond substituents is 1. The van der Waals surface area contributed by atoms with Gasteiger partial charge in [-0.15, -0.1) is 0 Å². The summed E-state index contributed by atoms with van der Waals surface area (Å²) >= 11 is 0. The molecule has 0 aliphatic carbocycles. The molecule has 0 spiro atoms. The molecular formula is C13H12FN5O2. The van der Waals surface area contributed by atoms with Crippen molar-refractivity contribution in [2.75, 3.05) is 0 Å². The molecule has 0 bridgehead atoms. The molecule has 0 amide bonds. The molecule has 1 atom stereocenters. The van der Waals surface area contributed by atoms with Gasteiger partial charge in [-0.2, -0.15) is 10.1 Å². The summed E-state index contributed by atoms with van der Waals surface area (Å²) in [5.41, 5.74) is 7.13. The minimum Gasteiger partial charge on any atom is -0.505 e. The summed E-state index contributed by atoms with van der Waals surface area (Å²) in [6.45, 7) is 0. The fraction of sp³-hybridized carbons (Fsp3) is 0.154. The molecule has 0 aliphatic rings. The van der Waals surface area contributed by atoms with Gasteiger partial charge in [0.05, 0.1) is 6.20 Å². The van der Waals surface area contributed by atoms with Crippen LogP contribution in [0, 0.1) is 5.82 Å². The Labute approximate surface area is 118 Å². The van der Waals surface area contributed by atoms with Crippen molar-refractivity contribution in [2.45, 2.75) is 6.04 Å². The third kappa shape index (κ3) is 2.48. The molecular weight excluding hydrogens is 277 g/mol. The first kappa shape index (κ1) is 13.3. The normalized spacial score (nSPS) is 12.5. The first-order chi connectivity index (χ1) is 10.0. The van der Waals surface area contributed by atoms with Crippen molar-refractivity contribution in [2.24, 2.45) is 12.8 Å². The lowest BCUT2D eigenvalue weighted by Gasteiger charge is -2.01. The highest BCUT2D eigenvalue weighted by atomic mass is 19.1. The van der Waals surface area contributed by atoms with E-state index in [9.17, 15) is 4.39 Å².